The van der Waals surface area contributed by atoms with Crippen LogP contribution in [0.4, 0.5) is 0 Å². The van der Waals surface area contributed by atoms with E-state index in [4.69, 9.17) is 10.6 Å². The van der Waals surface area contributed by atoms with Gasteiger partial charge in [0.2, 0.25) is 8.96 Å². The lowest BCUT2D eigenvalue weighted by Crippen LogP contribution is -2.27. The van der Waals surface area contributed by atoms with E-state index in [9.17, 15) is 4.21 Å². The van der Waals surface area contributed by atoms with Crippen LogP contribution in [0.2, 0.25) is 0 Å². The van der Waals surface area contributed by atoms with Crippen molar-refractivity contribution >= 4 is 20.1 Å². The summed E-state index contributed by atoms with van der Waals surface area (Å²) >= 11 is 4.61. The quantitative estimate of drug-likeness (QED) is 0.468. The molecule has 0 amide bonds. The topological polar surface area (TPSA) is 29.5 Å². The summed E-state index contributed by atoms with van der Waals surface area (Å²) in [6, 6.07) is -0.231. The third-order valence-electron chi connectivity index (χ3n) is 1.36. The van der Waals surface area contributed by atoms with Gasteiger partial charge in [-0.1, -0.05) is 5.92 Å². The molecule has 0 N–H and O–H groups in total. The van der Waals surface area contributed by atoms with Crippen LogP contribution in [0.25, 0.3) is 0 Å². The summed E-state index contributed by atoms with van der Waals surface area (Å²) in [5, 5.41) is 0. The van der Waals surface area contributed by atoms with E-state index in [1.54, 1.807) is 7.05 Å². The molecule has 1 saturated heterocycles. The summed E-state index contributed by atoms with van der Waals surface area (Å²) in [5.74, 6) is 2.42. The van der Waals surface area contributed by atoms with Gasteiger partial charge in [0.1, 0.15) is 6.04 Å². The number of hydrogen-bond donors (Lipinski definition) is 0. The molecule has 2 atom stereocenters. The average Bonchev–Trinajstić information content (AvgIpc) is 2.10. The molecule has 0 aromatic heterocycles. The summed E-state index contributed by atoms with van der Waals surface area (Å²) in [6.07, 6.45) is 5.10. The van der Waals surface area contributed by atoms with Crippen molar-refractivity contribution in [2.45, 2.75) is 6.04 Å². The van der Waals surface area contributed by atoms with Gasteiger partial charge < -0.3 is 0 Å². The fourth-order valence-electron chi connectivity index (χ4n) is 0.647. The van der Waals surface area contributed by atoms with Crippen LogP contribution in [0.3, 0.4) is 0 Å². The van der Waals surface area contributed by atoms with Crippen LogP contribution in [0.5, 0.6) is 0 Å². The summed E-state index contributed by atoms with van der Waals surface area (Å²) in [4.78, 5) is 0. The molecule has 0 aliphatic carbocycles. The van der Waals surface area contributed by atoms with Gasteiger partial charge in [0.15, 0.2) is 0 Å². The third kappa shape index (κ3) is 1.16. The smallest absolute Gasteiger partial charge is 0.213 e. The molecule has 1 aliphatic heterocycles. The first-order chi connectivity index (χ1) is 4.58. The van der Waals surface area contributed by atoms with Crippen LogP contribution in [0.1, 0.15) is 0 Å². The van der Waals surface area contributed by atoms with Crippen LogP contribution in [-0.2, 0) is 24.3 Å². The molecule has 1 aliphatic rings. The summed E-state index contributed by atoms with van der Waals surface area (Å²) in [6.45, 7) is 0.273. The normalized spacial score (nSPS) is 41.4. The van der Waals surface area contributed by atoms with E-state index >= 15 is 0 Å². The number of nitrogens with zero attached hydrogens (tertiary/aromatic N) is 1. The van der Waals surface area contributed by atoms with E-state index in [2.05, 4.69) is 17.1 Å². The van der Waals surface area contributed by atoms with Crippen molar-refractivity contribution in [1.82, 2.24) is 4.31 Å². The first-order valence-corrected chi connectivity index (χ1v) is 5.03. The maximum absolute atomic E-state index is 11.1. The Hall–Kier alpha value is -0.150. The molecule has 2 unspecified atom stereocenters. The highest BCUT2D eigenvalue weighted by atomic mass is 32.8. The number of hydrogen-bond acceptors (Lipinski definition) is 3. The molecule has 0 saturated carbocycles. The minimum Gasteiger partial charge on any atom is -0.276 e. The van der Waals surface area contributed by atoms with Gasteiger partial charge in [0.25, 0.3) is 0 Å². The second-order valence-electron chi connectivity index (χ2n) is 1.94. The van der Waals surface area contributed by atoms with Crippen LogP contribution in [-0.4, -0.2) is 28.2 Å². The zero-order chi connectivity index (χ0) is 7.78. The van der Waals surface area contributed by atoms with E-state index in [0.29, 0.717) is 0 Å². The summed E-state index contributed by atoms with van der Waals surface area (Å²) in [5.41, 5.74) is 0. The molecule has 0 bridgehead atoms. The monoisotopic (exact) mass is 177 g/mol. The molecule has 56 valence electrons. The molecule has 3 nitrogen and oxygen atoms in total. The third-order valence-corrected chi connectivity index (χ3v) is 3.75. The zero-order valence-electron chi connectivity index (χ0n) is 5.44. The Morgan fingerprint density at radius 2 is 2.60 bits per heavy atom. The van der Waals surface area contributed by atoms with E-state index in [-0.39, 0.29) is 12.6 Å². The van der Waals surface area contributed by atoms with Gasteiger partial charge in [-0.15, -0.1) is 6.42 Å². The molecule has 0 aromatic carbocycles. The van der Waals surface area contributed by atoms with Crippen LogP contribution in [0.15, 0.2) is 0 Å². The molecule has 0 aromatic rings. The lowest BCUT2D eigenvalue weighted by Gasteiger charge is -2.09. The van der Waals surface area contributed by atoms with Crippen molar-refractivity contribution in [3.8, 4) is 12.3 Å². The Kier molecular flexibility index (Phi) is 1.97. The van der Waals surface area contributed by atoms with Crippen molar-refractivity contribution in [3.05, 3.63) is 0 Å². The molecule has 1 fully saturated rings. The van der Waals surface area contributed by atoms with Crippen LogP contribution in [0, 0.1) is 12.3 Å². The van der Waals surface area contributed by atoms with E-state index in [0.717, 1.165) is 0 Å². The van der Waals surface area contributed by atoms with Gasteiger partial charge in [0, 0.05) is 18.2 Å². The van der Waals surface area contributed by atoms with Crippen molar-refractivity contribution in [3.63, 3.8) is 0 Å². The maximum Gasteiger partial charge on any atom is 0.213 e. The Morgan fingerprint density at radius 3 is 2.80 bits per heavy atom. The van der Waals surface area contributed by atoms with Gasteiger partial charge in [0.05, 0.1) is 6.61 Å². The first kappa shape index (κ1) is 7.95. The minimum atomic E-state index is -2.66. The molecule has 5 heteroatoms. The highest BCUT2D eigenvalue weighted by Crippen LogP contribution is 2.14. The highest BCUT2D eigenvalue weighted by Gasteiger charge is 2.30. The molecule has 0 radical (unpaired) electrons. The van der Waals surface area contributed by atoms with Crippen molar-refractivity contribution < 1.29 is 8.39 Å². The van der Waals surface area contributed by atoms with Crippen molar-refractivity contribution in [2.24, 2.45) is 0 Å². The van der Waals surface area contributed by atoms with Crippen molar-refractivity contribution in [2.75, 3.05) is 13.7 Å². The van der Waals surface area contributed by atoms with Gasteiger partial charge in [-0.05, 0) is 0 Å². The Morgan fingerprint density at radius 1 is 2.00 bits per heavy atom. The fraction of sp³-hybridized carbons (Fsp3) is 0.600. The highest BCUT2D eigenvalue weighted by molar-refractivity contribution is 8.29. The van der Waals surface area contributed by atoms with E-state index in [1.807, 2.05) is 0 Å². The summed E-state index contributed by atoms with van der Waals surface area (Å²) in [7, 11) is -1.06. The Balaban J connectivity index is 2.90. The predicted molar refractivity (Wildman–Crippen MR) is 41.8 cm³/mol. The molecule has 1 rings (SSSR count). The lowest BCUT2D eigenvalue weighted by molar-refractivity contribution is 0.365. The van der Waals surface area contributed by atoms with Gasteiger partial charge in [-0.3, -0.25) is 4.18 Å². The van der Waals surface area contributed by atoms with E-state index < -0.39 is 8.96 Å². The fourth-order valence-corrected chi connectivity index (χ4v) is 2.03. The zero-order valence-corrected chi connectivity index (χ0v) is 7.08. The van der Waals surface area contributed by atoms with E-state index in [1.165, 1.54) is 4.31 Å². The average molecular weight is 177 g/mol. The maximum atomic E-state index is 11.1. The Labute approximate surface area is 65.4 Å². The largest absolute Gasteiger partial charge is 0.276 e. The lowest BCUT2D eigenvalue weighted by atomic mass is 10.3. The summed E-state index contributed by atoms with van der Waals surface area (Å²) < 4.78 is 17.3. The Bertz CT molecular complexity index is 264. The first-order valence-electron chi connectivity index (χ1n) is 2.66. The number of likely N-dealkylation sites (N-methyl/N-ethyl adjacent to an activating group) is 1. The second-order valence-corrected chi connectivity index (χ2v) is 4.87. The SMILES string of the molecule is C#CC1COS(=O)(=S)N1C. The molecule has 10 heavy (non-hydrogen) atoms. The molecular formula is C5H7NO2S2. The number of rotatable bonds is 0. The second kappa shape index (κ2) is 2.47. The minimum absolute atomic E-state index is 0.231. The van der Waals surface area contributed by atoms with Gasteiger partial charge in [-0.25, -0.2) is 4.21 Å². The van der Waals surface area contributed by atoms with Crippen molar-refractivity contribution in [1.29, 1.82) is 0 Å². The standard InChI is InChI=1S/C5H7NO2S2/c1-3-5-4-8-10(7,9)6(5)2/h1,5H,4H2,2H3. The predicted octanol–water partition coefficient (Wildman–Crippen LogP) is -0.474. The van der Waals surface area contributed by atoms with Crippen LogP contribution >= 0.6 is 0 Å². The van der Waals surface area contributed by atoms with Gasteiger partial charge >= 0.3 is 0 Å². The molecule has 1 heterocycles. The molecule has 0 spiro atoms. The molecular weight excluding hydrogens is 170 g/mol. The van der Waals surface area contributed by atoms with Gasteiger partial charge in [-0.2, -0.15) is 4.31 Å². The van der Waals surface area contributed by atoms with Crippen LogP contribution < -0.4 is 0 Å². The number of terminal acetylenes is 1.